The number of allylic oxidation sites excluding steroid dienone is 2. The van der Waals surface area contributed by atoms with Crippen molar-refractivity contribution in [2.75, 3.05) is 6.61 Å². The number of fused-ring (bicyclic) bond motifs is 1. The van der Waals surface area contributed by atoms with Crippen LogP contribution in [0.3, 0.4) is 0 Å². The average Bonchev–Trinajstić information content (AvgIpc) is 2.45. The molecule has 1 fully saturated rings. The molecule has 118 valence electrons. The van der Waals surface area contributed by atoms with Crippen LogP contribution in [0.15, 0.2) is 12.2 Å². The van der Waals surface area contributed by atoms with Gasteiger partial charge in [0.25, 0.3) is 5.91 Å². The topological polar surface area (TPSA) is 75.6 Å². The van der Waals surface area contributed by atoms with Crippen molar-refractivity contribution in [2.24, 2.45) is 23.7 Å². The fourth-order valence-electron chi connectivity index (χ4n) is 3.71. The van der Waals surface area contributed by atoms with Crippen molar-refractivity contribution in [2.45, 2.75) is 45.4 Å². The molecule has 0 aromatic rings. The number of rotatable bonds is 4. The summed E-state index contributed by atoms with van der Waals surface area (Å²) in [6, 6.07) is 0. The second-order valence-electron chi connectivity index (χ2n) is 6.11. The molecule has 4 unspecified atom stereocenters. The number of hydrogen-bond donors (Lipinski definition) is 2. The standard InChI is InChI=1S/C16H25NO4/c1-11-12-7-4-2-3-5-8-13(12)15(11)16(20)21-17-14(19)9-6-10-18/h2-3,11-13,15,18H,4-10H2,1H3,(H,17,19)/b3-2+. The third-order valence-electron chi connectivity index (χ3n) is 4.85. The second kappa shape index (κ2) is 7.59. The molecule has 2 aliphatic carbocycles. The van der Waals surface area contributed by atoms with Gasteiger partial charge in [0.05, 0.1) is 5.92 Å². The highest BCUT2D eigenvalue weighted by Gasteiger charge is 2.51. The highest BCUT2D eigenvalue weighted by atomic mass is 16.7. The number of carbonyl (C=O) groups excluding carboxylic acids is 2. The Bertz CT molecular complexity index is 407. The van der Waals surface area contributed by atoms with Gasteiger partial charge in [0.1, 0.15) is 0 Å². The minimum Gasteiger partial charge on any atom is -0.396 e. The molecule has 0 aromatic heterocycles. The smallest absolute Gasteiger partial charge is 0.335 e. The first kappa shape index (κ1) is 16.0. The molecule has 1 saturated carbocycles. The first-order valence-electron chi connectivity index (χ1n) is 7.90. The highest BCUT2D eigenvalue weighted by Crippen LogP contribution is 2.51. The number of nitrogens with one attached hydrogen (secondary N) is 1. The zero-order valence-corrected chi connectivity index (χ0v) is 12.6. The summed E-state index contributed by atoms with van der Waals surface area (Å²) in [4.78, 5) is 28.5. The summed E-state index contributed by atoms with van der Waals surface area (Å²) in [7, 11) is 0. The average molecular weight is 295 g/mol. The first-order chi connectivity index (χ1) is 10.1. The van der Waals surface area contributed by atoms with E-state index in [2.05, 4.69) is 24.6 Å². The second-order valence-corrected chi connectivity index (χ2v) is 6.11. The molecule has 1 amide bonds. The summed E-state index contributed by atoms with van der Waals surface area (Å²) in [5, 5.41) is 8.65. The van der Waals surface area contributed by atoms with Crippen LogP contribution in [0, 0.1) is 23.7 Å². The minimum atomic E-state index is -0.360. The number of aliphatic hydroxyl groups is 1. The van der Waals surface area contributed by atoms with Crippen LogP contribution in [-0.2, 0) is 14.4 Å². The Kier molecular flexibility index (Phi) is 5.79. The number of carbonyl (C=O) groups is 2. The van der Waals surface area contributed by atoms with Crippen LogP contribution in [0.25, 0.3) is 0 Å². The summed E-state index contributed by atoms with van der Waals surface area (Å²) in [6.07, 6.45) is 9.22. The molecule has 0 radical (unpaired) electrons. The van der Waals surface area contributed by atoms with Crippen LogP contribution >= 0.6 is 0 Å². The quantitative estimate of drug-likeness (QED) is 0.614. The fraction of sp³-hybridized carbons (Fsp3) is 0.750. The first-order valence-corrected chi connectivity index (χ1v) is 7.90. The molecule has 0 heterocycles. The predicted octanol–water partition coefficient (Wildman–Crippen LogP) is 1.96. The van der Waals surface area contributed by atoms with E-state index in [0.717, 1.165) is 25.7 Å². The molecule has 2 rings (SSSR count). The Labute approximate surface area is 125 Å². The van der Waals surface area contributed by atoms with Gasteiger partial charge >= 0.3 is 5.97 Å². The van der Waals surface area contributed by atoms with E-state index in [0.29, 0.717) is 24.2 Å². The van der Waals surface area contributed by atoms with E-state index < -0.39 is 0 Å². The van der Waals surface area contributed by atoms with Gasteiger partial charge in [0, 0.05) is 13.0 Å². The van der Waals surface area contributed by atoms with Crippen LogP contribution in [-0.4, -0.2) is 23.6 Å². The highest BCUT2D eigenvalue weighted by molar-refractivity contribution is 5.79. The SMILES string of the molecule is CC1C2CC/C=C/CCC2C1C(=O)ONC(=O)CCCO. The molecule has 5 heteroatoms. The van der Waals surface area contributed by atoms with Gasteiger partial charge in [-0.05, 0) is 49.9 Å². The Morgan fingerprint density at radius 3 is 2.57 bits per heavy atom. The van der Waals surface area contributed by atoms with Crippen molar-refractivity contribution >= 4 is 11.9 Å². The van der Waals surface area contributed by atoms with Gasteiger partial charge in [-0.1, -0.05) is 19.1 Å². The van der Waals surface area contributed by atoms with Crippen molar-refractivity contribution < 1.29 is 19.5 Å². The Balaban J connectivity index is 1.82. The van der Waals surface area contributed by atoms with Gasteiger partial charge in [0.15, 0.2) is 0 Å². The minimum absolute atomic E-state index is 0.0434. The lowest BCUT2D eigenvalue weighted by Crippen LogP contribution is -2.51. The molecule has 5 nitrogen and oxygen atoms in total. The van der Waals surface area contributed by atoms with Crippen LogP contribution in [0.5, 0.6) is 0 Å². The summed E-state index contributed by atoms with van der Waals surface area (Å²) >= 11 is 0. The van der Waals surface area contributed by atoms with E-state index >= 15 is 0 Å². The predicted molar refractivity (Wildman–Crippen MR) is 77.8 cm³/mol. The van der Waals surface area contributed by atoms with Gasteiger partial charge < -0.3 is 9.94 Å². The molecule has 21 heavy (non-hydrogen) atoms. The van der Waals surface area contributed by atoms with Gasteiger partial charge in [-0.3, -0.25) is 4.79 Å². The largest absolute Gasteiger partial charge is 0.396 e. The van der Waals surface area contributed by atoms with Crippen LogP contribution in [0.1, 0.15) is 45.4 Å². The van der Waals surface area contributed by atoms with Gasteiger partial charge in [-0.25, -0.2) is 4.79 Å². The van der Waals surface area contributed by atoms with E-state index in [9.17, 15) is 9.59 Å². The zero-order valence-electron chi connectivity index (χ0n) is 12.6. The van der Waals surface area contributed by atoms with E-state index in [4.69, 9.17) is 9.94 Å². The Morgan fingerprint density at radius 2 is 1.90 bits per heavy atom. The lowest BCUT2D eigenvalue weighted by molar-refractivity contribution is -0.177. The third kappa shape index (κ3) is 3.84. The normalized spacial score (nSPS) is 32.9. The van der Waals surface area contributed by atoms with Crippen molar-refractivity contribution in [3.8, 4) is 0 Å². The molecule has 0 aromatic carbocycles. The van der Waals surface area contributed by atoms with Crippen molar-refractivity contribution in [1.82, 2.24) is 5.48 Å². The number of hydrogen-bond acceptors (Lipinski definition) is 4. The zero-order chi connectivity index (χ0) is 15.2. The Morgan fingerprint density at radius 1 is 1.24 bits per heavy atom. The van der Waals surface area contributed by atoms with Crippen molar-refractivity contribution in [1.29, 1.82) is 0 Å². The fourth-order valence-corrected chi connectivity index (χ4v) is 3.71. The molecule has 0 bridgehead atoms. The lowest BCUT2D eigenvalue weighted by Gasteiger charge is -2.49. The maximum absolute atomic E-state index is 12.2. The molecular formula is C16H25NO4. The number of amides is 1. The maximum Gasteiger partial charge on any atom is 0.335 e. The van der Waals surface area contributed by atoms with E-state index in [1.807, 2.05) is 0 Å². The molecule has 4 atom stereocenters. The van der Waals surface area contributed by atoms with Crippen LogP contribution in [0.2, 0.25) is 0 Å². The third-order valence-corrected chi connectivity index (χ3v) is 4.85. The lowest BCUT2D eigenvalue weighted by atomic mass is 9.54. The van der Waals surface area contributed by atoms with Gasteiger partial charge in [-0.2, -0.15) is 5.48 Å². The van der Waals surface area contributed by atoms with Crippen molar-refractivity contribution in [3.05, 3.63) is 12.2 Å². The van der Waals surface area contributed by atoms with Crippen molar-refractivity contribution in [3.63, 3.8) is 0 Å². The molecule has 0 spiro atoms. The number of hydroxylamine groups is 1. The summed E-state index contributed by atoms with van der Waals surface area (Å²) in [6.45, 7) is 2.06. The molecule has 0 saturated heterocycles. The molecule has 2 N–H and O–H groups in total. The Hall–Kier alpha value is -1.36. The summed E-state index contributed by atoms with van der Waals surface area (Å²) in [5.74, 6) is 0.527. The number of aliphatic hydroxyl groups excluding tert-OH is 1. The van der Waals surface area contributed by atoms with Gasteiger partial charge in [0.2, 0.25) is 0 Å². The molecular weight excluding hydrogens is 270 g/mol. The monoisotopic (exact) mass is 295 g/mol. The van der Waals surface area contributed by atoms with E-state index in [1.165, 1.54) is 0 Å². The molecule has 2 aliphatic rings. The van der Waals surface area contributed by atoms with E-state index in [-0.39, 0.29) is 30.8 Å². The summed E-state index contributed by atoms with van der Waals surface area (Å²) < 4.78 is 0. The summed E-state index contributed by atoms with van der Waals surface area (Å²) in [5.41, 5.74) is 2.20. The van der Waals surface area contributed by atoms with Crippen LogP contribution in [0.4, 0.5) is 0 Å². The molecule has 0 aliphatic heterocycles. The van der Waals surface area contributed by atoms with E-state index in [1.54, 1.807) is 0 Å². The maximum atomic E-state index is 12.2. The van der Waals surface area contributed by atoms with Crippen LogP contribution < -0.4 is 5.48 Å². The van der Waals surface area contributed by atoms with Gasteiger partial charge in [-0.15, -0.1) is 0 Å².